The Kier molecular flexibility index (Phi) is 6.00. The maximum atomic E-state index is 12.8. The van der Waals surface area contributed by atoms with Gasteiger partial charge in [-0.2, -0.15) is 0 Å². The van der Waals surface area contributed by atoms with Crippen molar-refractivity contribution in [2.75, 3.05) is 5.32 Å². The molecule has 0 saturated carbocycles. The number of rotatable bonds is 6. The van der Waals surface area contributed by atoms with E-state index in [1.807, 2.05) is 0 Å². The second-order valence-corrected chi connectivity index (χ2v) is 5.56. The van der Waals surface area contributed by atoms with Crippen LogP contribution in [0.25, 0.3) is 0 Å². The van der Waals surface area contributed by atoms with E-state index in [2.05, 4.69) is 5.32 Å². The van der Waals surface area contributed by atoms with Crippen LogP contribution in [-0.2, 0) is 20.7 Å². The number of carbonyl (C=O) groups is 3. The maximum Gasteiger partial charge on any atom is 0.311 e. The smallest absolute Gasteiger partial charge is 0.311 e. The summed E-state index contributed by atoms with van der Waals surface area (Å²) in [6, 6.07) is 11.9. The molecule has 0 bridgehead atoms. The molecule has 25 heavy (non-hydrogen) atoms. The fourth-order valence-corrected chi connectivity index (χ4v) is 2.12. The third kappa shape index (κ3) is 5.53. The van der Waals surface area contributed by atoms with Crippen molar-refractivity contribution in [1.29, 1.82) is 0 Å². The second-order valence-electron chi connectivity index (χ2n) is 5.56. The molecule has 0 saturated heterocycles. The number of halogens is 1. The zero-order valence-electron chi connectivity index (χ0n) is 13.9. The molecule has 2 aromatic rings. The molecule has 0 fully saturated rings. The van der Waals surface area contributed by atoms with E-state index in [0.717, 1.165) is 0 Å². The van der Waals surface area contributed by atoms with E-state index in [1.165, 1.54) is 38.1 Å². The van der Waals surface area contributed by atoms with E-state index in [4.69, 9.17) is 4.74 Å². The molecule has 0 unspecified atom stereocenters. The highest BCUT2D eigenvalue weighted by atomic mass is 19.1. The molecule has 0 spiro atoms. The van der Waals surface area contributed by atoms with E-state index >= 15 is 0 Å². The number of hydrogen-bond acceptors (Lipinski definition) is 4. The van der Waals surface area contributed by atoms with Gasteiger partial charge in [-0.05, 0) is 43.7 Å². The lowest BCUT2D eigenvalue weighted by molar-refractivity contribution is -0.152. The lowest BCUT2D eigenvalue weighted by atomic mass is 10.1. The summed E-state index contributed by atoms with van der Waals surface area (Å²) in [5.74, 6) is -1.60. The summed E-state index contributed by atoms with van der Waals surface area (Å²) in [4.78, 5) is 35.3. The van der Waals surface area contributed by atoms with Gasteiger partial charge >= 0.3 is 5.97 Å². The Balaban J connectivity index is 1.91. The van der Waals surface area contributed by atoms with Gasteiger partial charge in [-0.3, -0.25) is 14.4 Å². The predicted molar refractivity (Wildman–Crippen MR) is 90.7 cm³/mol. The highest BCUT2D eigenvalue weighted by molar-refractivity contribution is 5.98. The minimum Gasteiger partial charge on any atom is -0.452 e. The van der Waals surface area contributed by atoms with Gasteiger partial charge in [0.25, 0.3) is 5.91 Å². The summed E-state index contributed by atoms with van der Waals surface area (Å²) in [7, 11) is 0. The molecule has 2 rings (SSSR count). The number of nitrogens with one attached hydrogen (secondary N) is 1. The number of benzene rings is 2. The number of hydrogen-bond donors (Lipinski definition) is 1. The van der Waals surface area contributed by atoms with Crippen molar-refractivity contribution in [2.45, 2.75) is 26.4 Å². The lowest BCUT2D eigenvalue weighted by Gasteiger charge is -2.14. The normalized spacial score (nSPS) is 11.5. The Labute approximate surface area is 144 Å². The van der Waals surface area contributed by atoms with E-state index < -0.39 is 23.8 Å². The van der Waals surface area contributed by atoms with Crippen molar-refractivity contribution in [1.82, 2.24) is 0 Å². The van der Waals surface area contributed by atoms with Crippen LogP contribution < -0.4 is 5.32 Å². The number of ketones is 1. The molecule has 1 N–H and O–H groups in total. The largest absolute Gasteiger partial charge is 0.452 e. The van der Waals surface area contributed by atoms with Gasteiger partial charge < -0.3 is 10.1 Å². The van der Waals surface area contributed by atoms with Gasteiger partial charge in [-0.25, -0.2) is 4.39 Å². The summed E-state index contributed by atoms with van der Waals surface area (Å²) < 4.78 is 17.9. The highest BCUT2D eigenvalue weighted by Gasteiger charge is 2.18. The van der Waals surface area contributed by atoms with Crippen LogP contribution in [0.4, 0.5) is 10.1 Å². The molecule has 6 heteroatoms. The molecular formula is C19H18FNO4. The monoisotopic (exact) mass is 343 g/mol. The lowest BCUT2D eigenvalue weighted by Crippen LogP contribution is -2.30. The average molecular weight is 343 g/mol. The molecule has 2 aromatic carbocycles. The predicted octanol–water partition coefficient (Wildman–Crippen LogP) is 3.14. The molecular weight excluding hydrogens is 325 g/mol. The number of ether oxygens (including phenoxy) is 1. The Morgan fingerprint density at radius 3 is 2.44 bits per heavy atom. The van der Waals surface area contributed by atoms with Crippen molar-refractivity contribution in [3.05, 3.63) is 65.5 Å². The molecule has 0 aromatic heterocycles. The molecule has 1 amide bonds. The third-order valence-electron chi connectivity index (χ3n) is 3.48. The molecule has 0 radical (unpaired) electrons. The summed E-state index contributed by atoms with van der Waals surface area (Å²) in [6.45, 7) is 2.88. The number of amides is 1. The molecule has 130 valence electrons. The molecule has 0 aliphatic rings. The summed E-state index contributed by atoms with van der Waals surface area (Å²) in [6.07, 6.45) is -1.06. The van der Waals surface area contributed by atoms with Crippen molar-refractivity contribution in [3.8, 4) is 0 Å². The number of anilines is 1. The van der Waals surface area contributed by atoms with E-state index in [0.29, 0.717) is 16.8 Å². The van der Waals surface area contributed by atoms with Gasteiger partial charge in [0.05, 0.1) is 6.42 Å². The van der Waals surface area contributed by atoms with E-state index in [9.17, 15) is 18.8 Å². The van der Waals surface area contributed by atoms with Gasteiger partial charge in [0.15, 0.2) is 11.9 Å². The van der Waals surface area contributed by atoms with Crippen LogP contribution >= 0.6 is 0 Å². The fourth-order valence-electron chi connectivity index (χ4n) is 2.12. The zero-order chi connectivity index (χ0) is 18.4. The summed E-state index contributed by atoms with van der Waals surface area (Å²) in [5, 5.41) is 2.60. The van der Waals surface area contributed by atoms with Crippen molar-refractivity contribution < 1.29 is 23.5 Å². The van der Waals surface area contributed by atoms with Gasteiger partial charge in [0.1, 0.15) is 5.82 Å². The molecule has 0 aliphatic heterocycles. The van der Waals surface area contributed by atoms with Crippen LogP contribution in [0.5, 0.6) is 0 Å². The highest BCUT2D eigenvalue weighted by Crippen LogP contribution is 2.12. The van der Waals surface area contributed by atoms with Crippen molar-refractivity contribution in [2.24, 2.45) is 0 Å². The number of esters is 1. The van der Waals surface area contributed by atoms with E-state index in [-0.39, 0.29) is 12.2 Å². The van der Waals surface area contributed by atoms with E-state index in [1.54, 1.807) is 24.3 Å². The SMILES string of the molecule is CC(=O)c1cccc(NC(=O)[C@@H](C)OC(=O)Cc2ccc(F)cc2)c1. The van der Waals surface area contributed by atoms with Gasteiger partial charge in [-0.1, -0.05) is 24.3 Å². The summed E-state index contributed by atoms with van der Waals surface area (Å²) in [5.41, 5.74) is 1.51. The molecule has 5 nitrogen and oxygen atoms in total. The van der Waals surface area contributed by atoms with Crippen molar-refractivity contribution in [3.63, 3.8) is 0 Å². The minimum atomic E-state index is -1.01. The molecule has 0 aliphatic carbocycles. The van der Waals surface area contributed by atoms with Gasteiger partial charge in [0.2, 0.25) is 0 Å². The first kappa shape index (κ1) is 18.3. The standard InChI is InChI=1S/C19H18FNO4/c1-12(22)15-4-3-5-17(11-15)21-19(24)13(2)25-18(23)10-14-6-8-16(20)9-7-14/h3-9,11,13H,10H2,1-2H3,(H,21,24)/t13-/m1/s1. The Hall–Kier alpha value is -3.02. The first-order chi connectivity index (χ1) is 11.8. The first-order valence-corrected chi connectivity index (χ1v) is 7.71. The van der Waals surface area contributed by atoms with Gasteiger partial charge in [0, 0.05) is 11.3 Å². The van der Waals surface area contributed by atoms with Crippen LogP contribution in [0.1, 0.15) is 29.8 Å². The third-order valence-corrected chi connectivity index (χ3v) is 3.48. The van der Waals surface area contributed by atoms with Crippen LogP contribution in [0.2, 0.25) is 0 Å². The Bertz CT molecular complexity index is 786. The van der Waals surface area contributed by atoms with Crippen molar-refractivity contribution >= 4 is 23.3 Å². The van der Waals surface area contributed by atoms with Crippen LogP contribution in [0, 0.1) is 5.82 Å². The minimum absolute atomic E-state index is 0.0578. The van der Waals surface area contributed by atoms with Crippen LogP contribution in [0.15, 0.2) is 48.5 Å². The topological polar surface area (TPSA) is 72.5 Å². The zero-order valence-corrected chi connectivity index (χ0v) is 13.9. The molecule has 1 atom stereocenters. The quantitative estimate of drug-likeness (QED) is 0.646. The Morgan fingerprint density at radius 1 is 1.12 bits per heavy atom. The first-order valence-electron chi connectivity index (χ1n) is 7.71. The number of carbonyl (C=O) groups excluding carboxylic acids is 3. The fraction of sp³-hybridized carbons (Fsp3) is 0.211. The average Bonchev–Trinajstić information content (AvgIpc) is 2.57. The molecule has 0 heterocycles. The van der Waals surface area contributed by atoms with Crippen LogP contribution in [0.3, 0.4) is 0 Å². The maximum absolute atomic E-state index is 12.8. The van der Waals surface area contributed by atoms with Gasteiger partial charge in [-0.15, -0.1) is 0 Å². The second kappa shape index (κ2) is 8.19. The number of Topliss-reactive ketones (excluding diaryl/α,β-unsaturated/α-hetero) is 1. The summed E-state index contributed by atoms with van der Waals surface area (Å²) >= 11 is 0. The Morgan fingerprint density at radius 2 is 1.80 bits per heavy atom. The van der Waals surface area contributed by atoms with Crippen LogP contribution in [-0.4, -0.2) is 23.8 Å².